The molecule has 1 unspecified atom stereocenters. The first-order chi connectivity index (χ1) is 10.4. The first-order valence-electron chi connectivity index (χ1n) is 7.56. The highest BCUT2D eigenvalue weighted by molar-refractivity contribution is 5.63. The van der Waals surface area contributed by atoms with E-state index in [1.165, 1.54) is 16.7 Å². The van der Waals surface area contributed by atoms with Crippen LogP contribution in [0.15, 0.2) is 54.6 Å². The maximum absolute atomic E-state index is 6.00. The fourth-order valence-electron chi connectivity index (χ4n) is 2.91. The monoisotopic (exact) mass is 282 g/mol. The van der Waals surface area contributed by atoms with Crippen molar-refractivity contribution in [3.8, 4) is 11.1 Å². The minimum atomic E-state index is 0.290. The van der Waals surface area contributed by atoms with E-state index in [1.807, 2.05) is 6.07 Å². The van der Waals surface area contributed by atoms with Crippen molar-refractivity contribution in [2.75, 3.05) is 32.8 Å². The summed E-state index contributed by atoms with van der Waals surface area (Å²) in [6.45, 7) is 4.17. The predicted molar refractivity (Wildman–Crippen MR) is 86.1 cm³/mol. The molecule has 110 valence electrons. The Kier molecular flexibility index (Phi) is 4.65. The van der Waals surface area contributed by atoms with Crippen LogP contribution in [-0.2, 0) is 4.74 Å². The zero-order chi connectivity index (χ0) is 14.5. The van der Waals surface area contributed by atoms with Gasteiger partial charge in [-0.25, -0.2) is 0 Å². The van der Waals surface area contributed by atoms with E-state index in [9.17, 15) is 0 Å². The highest BCUT2D eigenvalue weighted by Crippen LogP contribution is 2.25. The van der Waals surface area contributed by atoms with E-state index >= 15 is 0 Å². The Morgan fingerprint density at radius 3 is 2.14 bits per heavy atom. The number of morpholine rings is 1. The van der Waals surface area contributed by atoms with Gasteiger partial charge in [-0.05, 0) is 16.7 Å². The van der Waals surface area contributed by atoms with Crippen molar-refractivity contribution in [1.82, 2.24) is 4.90 Å². The van der Waals surface area contributed by atoms with Gasteiger partial charge >= 0.3 is 0 Å². The highest BCUT2D eigenvalue weighted by atomic mass is 16.5. The molecule has 2 aromatic carbocycles. The number of hydrogen-bond donors (Lipinski definition) is 1. The quantitative estimate of drug-likeness (QED) is 0.937. The molecule has 21 heavy (non-hydrogen) atoms. The van der Waals surface area contributed by atoms with E-state index in [2.05, 4.69) is 53.4 Å². The molecule has 1 aliphatic heterocycles. The average Bonchev–Trinajstić information content (AvgIpc) is 2.58. The SMILES string of the molecule is NCC(c1ccc(-c2ccccc2)cc1)N1CCOCC1. The zero-order valence-corrected chi connectivity index (χ0v) is 12.2. The zero-order valence-electron chi connectivity index (χ0n) is 12.2. The van der Waals surface area contributed by atoms with E-state index < -0.39 is 0 Å². The molecule has 1 heterocycles. The Hall–Kier alpha value is -1.68. The maximum atomic E-state index is 6.00. The third-order valence-corrected chi connectivity index (χ3v) is 4.11. The number of benzene rings is 2. The van der Waals surface area contributed by atoms with E-state index in [0.29, 0.717) is 12.6 Å². The fraction of sp³-hybridized carbons (Fsp3) is 0.333. The summed E-state index contributed by atoms with van der Waals surface area (Å²) in [7, 11) is 0. The Balaban J connectivity index is 1.79. The van der Waals surface area contributed by atoms with Gasteiger partial charge in [0.15, 0.2) is 0 Å². The minimum Gasteiger partial charge on any atom is -0.379 e. The van der Waals surface area contributed by atoms with Gasteiger partial charge in [-0.2, -0.15) is 0 Å². The van der Waals surface area contributed by atoms with E-state index in [4.69, 9.17) is 10.5 Å². The molecular weight excluding hydrogens is 260 g/mol. The molecule has 1 fully saturated rings. The fourth-order valence-corrected chi connectivity index (χ4v) is 2.91. The maximum Gasteiger partial charge on any atom is 0.0594 e. The van der Waals surface area contributed by atoms with Crippen LogP contribution < -0.4 is 5.73 Å². The summed E-state index contributed by atoms with van der Waals surface area (Å²) >= 11 is 0. The van der Waals surface area contributed by atoms with E-state index in [0.717, 1.165) is 26.3 Å². The normalized spacial score (nSPS) is 17.6. The van der Waals surface area contributed by atoms with Gasteiger partial charge in [-0.1, -0.05) is 54.6 Å². The molecule has 0 amide bonds. The van der Waals surface area contributed by atoms with Crippen LogP contribution in [0, 0.1) is 0 Å². The number of nitrogens with zero attached hydrogens (tertiary/aromatic N) is 1. The van der Waals surface area contributed by atoms with Gasteiger partial charge < -0.3 is 10.5 Å². The van der Waals surface area contributed by atoms with Gasteiger partial charge in [0.05, 0.1) is 13.2 Å². The summed E-state index contributed by atoms with van der Waals surface area (Å²) in [5.41, 5.74) is 9.79. The molecule has 0 bridgehead atoms. The van der Waals surface area contributed by atoms with Crippen LogP contribution >= 0.6 is 0 Å². The molecule has 3 heteroatoms. The van der Waals surface area contributed by atoms with Gasteiger partial charge in [-0.15, -0.1) is 0 Å². The molecule has 0 saturated carbocycles. The molecule has 1 atom stereocenters. The van der Waals surface area contributed by atoms with Crippen LogP contribution in [-0.4, -0.2) is 37.7 Å². The summed E-state index contributed by atoms with van der Waals surface area (Å²) in [5, 5.41) is 0. The van der Waals surface area contributed by atoms with Crippen molar-refractivity contribution >= 4 is 0 Å². The van der Waals surface area contributed by atoms with Crippen LogP contribution in [0.3, 0.4) is 0 Å². The molecule has 1 aliphatic rings. The van der Waals surface area contributed by atoms with Gasteiger partial charge in [0.25, 0.3) is 0 Å². The van der Waals surface area contributed by atoms with Crippen LogP contribution in [0.25, 0.3) is 11.1 Å². The first-order valence-corrected chi connectivity index (χ1v) is 7.56. The Morgan fingerprint density at radius 1 is 0.905 bits per heavy atom. The summed E-state index contributed by atoms with van der Waals surface area (Å²) in [4.78, 5) is 2.42. The smallest absolute Gasteiger partial charge is 0.0594 e. The molecule has 1 saturated heterocycles. The Morgan fingerprint density at radius 2 is 1.52 bits per heavy atom. The highest BCUT2D eigenvalue weighted by Gasteiger charge is 2.21. The largest absolute Gasteiger partial charge is 0.379 e. The number of ether oxygens (including phenoxy) is 1. The lowest BCUT2D eigenvalue weighted by atomic mass is 10.00. The summed E-state index contributed by atoms with van der Waals surface area (Å²) in [6, 6.07) is 19.5. The van der Waals surface area contributed by atoms with Crippen LogP contribution in [0.2, 0.25) is 0 Å². The molecule has 3 rings (SSSR count). The van der Waals surface area contributed by atoms with Crippen molar-refractivity contribution < 1.29 is 4.74 Å². The third-order valence-electron chi connectivity index (χ3n) is 4.11. The Labute approximate surface area is 126 Å². The summed E-state index contributed by atoms with van der Waals surface area (Å²) in [6.07, 6.45) is 0. The van der Waals surface area contributed by atoms with Crippen LogP contribution in [0.5, 0.6) is 0 Å². The molecule has 0 aromatic heterocycles. The molecule has 2 N–H and O–H groups in total. The molecule has 0 radical (unpaired) electrons. The van der Waals surface area contributed by atoms with Gasteiger partial charge in [-0.3, -0.25) is 4.90 Å². The topological polar surface area (TPSA) is 38.5 Å². The van der Waals surface area contributed by atoms with E-state index in [-0.39, 0.29) is 0 Å². The lowest BCUT2D eigenvalue weighted by Gasteiger charge is -2.34. The van der Waals surface area contributed by atoms with Crippen molar-refractivity contribution in [2.24, 2.45) is 5.73 Å². The van der Waals surface area contributed by atoms with Gasteiger partial charge in [0, 0.05) is 25.7 Å². The van der Waals surface area contributed by atoms with E-state index in [1.54, 1.807) is 0 Å². The lowest BCUT2D eigenvalue weighted by Crippen LogP contribution is -2.41. The van der Waals surface area contributed by atoms with Crippen LogP contribution in [0.1, 0.15) is 11.6 Å². The second kappa shape index (κ2) is 6.85. The van der Waals surface area contributed by atoms with Gasteiger partial charge in [0.1, 0.15) is 0 Å². The second-order valence-electron chi connectivity index (χ2n) is 5.39. The molecule has 3 nitrogen and oxygen atoms in total. The summed E-state index contributed by atoms with van der Waals surface area (Å²) in [5.74, 6) is 0. The van der Waals surface area contributed by atoms with Crippen molar-refractivity contribution in [1.29, 1.82) is 0 Å². The third kappa shape index (κ3) is 3.32. The van der Waals surface area contributed by atoms with Crippen molar-refractivity contribution in [3.05, 3.63) is 60.2 Å². The minimum absolute atomic E-state index is 0.290. The van der Waals surface area contributed by atoms with Gasteiger partial charge in [0.2, 0.25) is 0 Å². The number of rotatable bonds is 4. The lowest BCUT2D eigenvalue weighted by molar-refractivity contribution is 0.0179. The molecule has 0 aliphatic carbocycles. The Bertz CT molecular complexity index is 547. The molecular formula is C18H22N2O. The standard InChI is InChI=1S/C18H22N2O/c19-14-18(20-10-12-21-13-11-20)17-8-6-16(7-9-17)15-4-2-1-3-5-15/h1-9,18H,10-14,19H2. The van der Waals surface area contributed by atoms with Crippen molar-refractivity contribution in [2.45, 2.75) is 6.04 Å². The second-order valence-corrected chi connectivity index (χ2v) is 5.39. The van der Waals surface area contributed by atoms with Crippen LogP contribution in [0.4, 0.5) is 0 Å². The average molecular weight is 282 g/mol. The first kappa shape index (κ1) is 14.3. The molecule has 0 spiro atoms. The number of hydrogen-bond acceptors (Lipinski definition) is 3. The molecule has 2 aromatic rings. The predicted octanol–water partition coefficient (Wildman–Crippen LogP) is 2.69. The number of nitrogens with two attached hydrogens (primary N) is 1. The van der Waals surface area contributed by atoms with Crippen molar-refractivity contribution in [3.63, 3.8) is 0 Å². The summed E-state index contributed by atoms with van der Waals surface area (Å²) < 4.78 is 5.42.